The molecule has 150 valence electrons. The third-order valence-corrected chi connectivity index (χ3v) is 6.91. The van der Waals surface area contributed by atoms with Gasteiger partial charge in [-0.25, -0.2) is 8.42 Å². The maximum atomic E-state index is 12.6. The van der Waals surface area contributed by atoms with E-state index in [9.17, 15) is 13.2 Å². The van der Waals surface area contributed by atoms with Gasteiger partial charge in [0.25, 0.3) is 5.91 Å². The minimum absolute atomic E-state index is 0.196. The second-order valence-electron chi connectivity index (χ2n) is 6.77. The van der Waals surface area contributed by atoms with Crippen LogP contribution in [0.25, 0.3) is 0 Å². The van der Waals surface area contributed by atoms with Crippen LogP contribution in [0, 0.1) is 0 Å². The molecule has 2 aromatic rings. The predicted octanol–water partition coefficient (Wildman–Crippen LogP) is 2.63. The second kappa shape index (κ2) is 9.32. The molecule has 0 aliphatic carbocycles. The van der Waals surface area contributed by atoms with Gasteiger partial charge < -0.3 is 10.1 Å². The van der Waals surface area contributed by atoms with E-state index in [1.165, 1.54) is 22.0 Å². The fourth-order valence-corrected chi connectivity index (χ4v) is 4.66. The number of hydrogen-bond acceptors (Lipinski definition) is 4. The van der Waals surface area contributed by atoms with Gasteiger partial charge in [0, 0.05) is 31.1 Å². The van der Waals surface area contributed by atoms with Crippen molar-refractivity contribution in [2.75, 3.05) is 32.8 Å². The number of benzene rings is 2. The maximum absolute atomic E-state index is 12.6. The van der Waals surface area contributed by atoms with Crippen molar-refractivity contribution in [2.45, 2.75) is 24.2 Å². The van der Waals surface area contributed by atoms with E-state index in [4.69, 9.17) is 4.74 Å². The van der Waals surface area contributed by atoms with Gasteiger partial charge in [-0.1, -0.05) is 37.3 Å². The van der Waals surface area contributed by atoms with Crippen LogP contribution >= 0.6 is 0 Å². The van der Waals surface area contributed by atoms with Crippen molar-refractivity contribution in [1.82, 2.24) is 9.62 Å². The maximum Gasteiger partial charge on any atom is 0.251 e. The number of amides is 1. The van der Waals surface area contributed by atoms with Crippen LogP contribution in [0.3, 0.4) is 0 Å². The number of nitrogens with one attached hydrogen (secondary N) is 1. The molecule has 7 heteroatoms. The van der Waals surface area contributed by atoms with E-state index in [0.29, 0.717) is 38.4 Å². The summed E-state index contributed by atoms with van der Waals surface area (Å²) in [5, 5.41) is 2.95. The number of hydrogen-bond donors (Lipinski definition) is 1. The smallest absolute Gasteiger partial charge is 0.251 e. The van der Waals surface area contributed by atoms with Crippen LogP contribution in [-0.2, 0) is 14.8 Å². The summed E-state index contributed by atoms with van der Waals surface area (Å²) in [6, 6.07) is 16.2. The van der Waals surface area contributed by atoms with Crippen molar-refractivity contribution in [3.8, 4) is 0 Å². The standard InChI is InChI=1S/C21H26N2O4S/c1-2-17(18-6-4-3-5-7-18)16-22-21(24)19-8-10-20(11-9-19)28(25,26)23-12-14-27-15-13-23/h3-11,17H,2,12-16H2,1H3,(H,22,24). The van der Waals surface area contributed by atoms with E-state index in [1.54, 1.807) is 12.1 Å². The third-order valence-electron chi connectivity index (χ3n) is 5.00. The van der Waals surface area contributed by atoms with E-state index >= 15 is 0 Å². The lowest BCUT2D eigenvalue weighted by Crippen LogP contribution is -2.40. The number of nitrogens with zero attached hydrogens (tertiary/aromatic N) is 1. The molecule has 0 spiro atoms. The number of morpholine rings is 1. The first kappa shape index (κ1) is 20.5. The van der Waals surface area contributed by atoms with Crippen LogP contribution in [0.4, 0.5) is 0 Å². The summed E-state index contributed by atoms with van der Waals surface area (Å²) in [6.45, 7) is 4.13. The Labute approximate surface area is 166 Å². The Kier molecular flexibility index (Phi) is 6.83. The van der Waals surface area contributed by atoms with Gasteiger partial charge in [0.15, 0.2) is 0 Å². The summed E-state index contributed by atoms with van der Waals surface area (Å²) in [5.74, 6) is 0.0378. The lowest BCUT2D eigenvalue weighted by molar-refractivity contribution is 0.0730. The summed E-state index contributed by atoms with van der Waals surface area (Å²) in [6.07, 6.45) is 0.918. The molecule has 1 aliphatic rings. The van der Waals surface area contributed by atoms with Crippen LogP contribution in [0.2, 0.25) is 0 Å². The molecule has 3 rings (SSSR count). The zero-order valence-electron chi connectivity index (χ0n) is 16.0. The molecule has 1 heterocycles. The summed E-state index contributed by atoms with van der Waals surface area (Å²) in [4.78, 5) is 12.7. The van der Waals surface area contributed by atoms with E-state index < -0.39 is 10.0 Å². The predicted molar refractivity (Wildman–Crippen MR) is 108 cm³/mol. The number of carbonyl (C=O) groups excluding carboxylic acids is 1. The van der Waals surface area contributed by atoms with Crippen molar-refractivity contribution in [3.05, 3.63) is 65.7 Å². The Morgan fingerprint density at radius 3 is 2.32 bits per heavy atom. The molecule has 1 amide bonds. The molecule has 1 aliphatic heterocycles. The Balaban J connectivity index is 1.63. The molecule has 0 aromatic heterocycles. The molecule has 1 N–H and O–H groups in total. The van der Waals surface area contributed by atoms with Crippen molar-refractivity contribution in [1.29, 1.82) is 0 Å². The SMILES string of the molecule is CCC(CNC(=O)c1ccc(S(=O)(=O)N2CCOCC2)cc1)c1ccccc1. The highest BCUT2D eigenvalue weighted by Crippen LogP contribution is 2.19. The molecular formula is C21H26N2O4S. The van der Waals surface area contributed by atoms with Crippen LogP contribution in [-0.4, -0.2) is 51.5 Å². The van der Waals surface area contributed by atoms with Crippen LogP contribution < -0.4 is 5.32 Å². The summed E-state index contributed by atoms with van der Waals surface area (Å²) in [5.41, 5.74) is 1.64. The zero-order valence-corrected chi connectivity index (χ0v) is 16.8. The molecule has 1 atom stereocenters. The molecular weight excluding hydrogens is 376 g/mol. The minimum atomic E-state index is -3.55. The average Bonchev–Trinajstić information content (AvgIpc) is 2.75. The first-order chi connectivity index (χ1) is 13.5. The Bertz CT molecular complexity index is 876. The van der Waals surface area contributed by atoms with E-state index in [2.05, 4.69) is 24.4 Å². The van der Waals surface area contributed by atoms with E-state index in [0.717, 1.165) is 6.42 Å². The first-order valence-corrected chi connectivity index (χ1v) is 11.0. The van der Waals surface area contributed by atoms with Crippen molar-refractivity contribution >= 4 is 15.9 Å². The average molecular weight is 403 g/mol. The zero-order chi connectivity index (χ0) is 20.0. The largest absolute Gasteiger partial charge is 0.379 e. The summed E-state index contributed by atoms with van der Waals surface area (Å²) < 4.78 is 31.9. The molecule has 0 radical (unpaired) electrons. The lowest BCUT2D eigenvalue weighted by atomic mass is 9.96. The quantitative estimate of drug-likeness (QED) is 0.773. The number of sulfonamides is 1. The van der Waals surface area contributed by atoms with Crippen molar-refractivity contribution in [3.63, 3.8) is 0 Å². The van der Waals surface area contributed by atoms with E-state index in [1.807, 2.05) is 18.2 Å². The number of rotatable bonds is 7. The van der Waals surface area contributed by atoms with Crippen molar-refractivity contribution in [2.24, 2.45) is 0 Å². The monoisotopic (exact) mass is 402 g/mol. The molecule has 2 aromatic carbocycles. The molecule has 1 unspecified atom stereocenters. The third kappa shape index (κ3) is 4.79. The Hall–Kier alpha value is -2.22. The van der Waals surface area contributed by atoms with Gasteiger partial charge in [-0.2, -0.15) is 4.31 Å². The molecule has 0 saturated carbocycles. The van der Waals surface area contributed by atoms with Gasteiger partial charge in [-0.05, 0) is 36.2 Å². The molecule has 28 heavy (non-hydrogen) atoms. The van der Waals surface area contributed by atoms with Crippen LogP contribution in [0.15, 0.2) is 59.5 Å². The summed E-state index contributed by atoms with van der Waals surface area (Å²) >= 11 is 0. The van der Waals surface area contributed by atoms with Gasteiger partial charge in [-0.15, -0.1) is 0 Å². The van der Waals surface area contributed by atoms with Gasteiger partial charge in [0.2, 0.25) is 10.0 Å². The van der Waals surface area contributed by atoms with Crippen molar-refractivity contribution < 1.29 is 17.9 Å². The van der Waals surface area contributed by atoms with Crippen LogP contribution in [0.5, 0.6) is 0 Å². The Morgan fingerprint density at radius 1 is 1.07 bits per heavy atom. The van der Waals surface area contributed by atoms with Gasteiger partial charge in [0.05, 0.1) is 18.1 Å². The topological polar surface area (TPSA) is 75.7 Å². The van der Waals surface area contributed by atoms with Crippen LogP contribution in [0.1, 0.15) is 35.2 Å². The first-order valence-electron chi connectivity index (χ1n) is 9.53. The highest BCUT2D eigenvalue weighted by molar-refractivity contribution is 7.89. The Morgan fingerprint density at radius 2 is 1.71 bits per heavy atom. The second-order valence-corrected chi connectivity index (χ2v) is 8.70. The molecule has 6 nitrogen and oxygen atoms in total. The highest BCUT2D eigenvalue weighted by Gasteiger charge is 2.26. The number of carbonyl (C=O) groups is 1. The van der Waals surface area contributed by atoms with Gasteiger partial charge in [-0.3, -0.25) is 4.79 Å². The molecule has 0 bridgehead atoms. The lowest BCUT2D eigenvalue weighted by Gasteiger charge is -2.26. The normalized spacial score (nSPS) is 16.5. The van der Waals surface area contributed by atoms with Gasteiger partial charge in [0.1, 0.15) is 0 Å². The summed E-state index contributed by atoms with van der Waals surface area (Å²) in [7, 11) is -3.55. The molecule has 1 saturated heterocycles. The highest BCUT2D eigenvalue weighted by atomic mass is 32.2. The molecule has 1 fully saturated rings. The minimum Gasteiger partial charge on any atom is -0.379 e. The van der Waals surface area contributed by atoms with Gasteiger partial charge >= 0.3 is 0 Å². The fraction of sp³-hybridized carbons (Fsp3) is 0.381. The fourth-order valence-electron chi connectivity index (χ4n) is 3.26. The number of ether oxygens (including phenoxy) is 1. The van der Waals surface area contributed by atoms with E-state index in [-0.39, 0.29) is 16.7 Å².